The van der Waals surface area contributed by atoms with Gasteiger partial charge in [-0.1, -0.05) is 6.92 Å². The van der Waals surface area contributed by atoms with Gasteiger partial charge in [-0.25, -0.2) is 0 Å². The zero-order chi connectivity index (χ0) is 14.4. The number of hydrogen-bond acceptors (Lipinski definition) is 4. The molecule has 0 aromatic heterocycles. The molecule has 19 heavy (non-hydrogen) atoms. The molecule has 1 fully saturated rings. The standard InChI is InChI=1S/C14H26O5/c1-9-6-17-11(3)8-19-12(4)7-18-10(2)5-13(9)14(15)16/h9-13H,5-8H2,1-4H3,(H,15,16). The summed E-state index contributed by atoms with van der Waals surface area (Å²) >= 11 is 0. The molecule has 0 radical (unpaired) electrons. The van der Waals surface area contributed by atoms with Gasteiger partial charge >= 0.3 is 5.97 Å². The maximum atomic E-state index is 11.3. The summed E-state index contributed by atoms with van der Waals surface area (Å²) in [5.74, 6) is -1.25. The minimum absolute atomic E-state index is 0.00590. The van der Waals surface area contributed by atoms with Crippen molar-refractivity contribution in [1.82, 2.24) is 0 Å². The highest BCUT2D eigenvalue weighted by atomic mass is 16.6. The minimum atomic E-state index is -0.777. The van der Waals surface area contributed by atoms with Crippen molar-refractivity contribution in [2.75, 3.05) is 19.8 Å². The summed E-state index contributed by atoms with van der Waals surface area (Å²) in [5, 5.41) is 9.31. The maximum absolute atomic E-state index is 11.3. The molecule has 0 bridgehead atoms. The number of carbonyl (C=O) groups is 1. The van der Waals surface area contributed by atoms with E-state index >= 15 is 0 Å². The minimum Gasteiger partial charge on any atom is -0.481 e. The summed E-state index contributed by atoms with van der Waals surface area (Å²) in [6.07, 6.45) is 0.373. The Morgan fingerprint density at radius 2 is 1.37 bits per heavy atom. The van der Waals surface area contributed by atoms with E-state index in [0.29, 0.717) is 26.2 Å². The highest BCUT2D eigenvalue weighted by molar-refractivity contribution is 5.70. The van der Waals surface area contributed by atoms with E-state index in [4.69, 9.17) is 14.2 Å². The van der Waals surface area contributed by atoms with Crippen molar-refractivity contribution in [3.8, 4) is 0 Å². The SMILES string of the molecule is CC1COC(C)CC(C(=O)O)C(C)COC(C)CO1. The first-order chi connectivity index (χ1) is 8.90. The van der Waals surface area contributed by atoms with Crippen LogP contribution in [0.5, 0.6) is 0 Å². The molecule has 5 heteroatoms. The third-order valence-corrected chi connectivity index (χ3v) is 3.46. The molecule has 0 amide bonds. The van der Waals surface area contributed by atoms with Gasteiger partial charge in [0.2, 0.25) is 0 Å². The molecule has 0 aromatic rings. The highest BCUT2D eigenvalue weighted by Crippen LogP contribution is 2.21. The molecule has 0 aliphatic carbocycles. The van der Waals surface area contributed by atoms with Gasteiger partial charge in [0, 0.05) is 0 Å². The Hall–Kier alpha value is -0.650. The number of aliphatic carboxylic acids is 1. The molecule has 1 aliphatic rings. The second kappa shape index (κ2) is 7.82. The first kappa shape index (κ1) is 16.4. The van der Waals surface area contributed by atoms with Gasteiger partial charge < -0.3 is 19.3 Å². The quantitative estimate of drug-likeness (QED) is 0.791. The third-order valence-electron chi connectivity index (χ3n) is 3.46. The second-order valence-corrected chi connectivity index (χ2v) is 5.59. The monoisotopic (exact) mass is 274 g/mol. The van der Waals surface area contributed by atoms with Gasteiger partial charge in [-0.15, -0.1) is 0 Å². The van der Waals surface area contributed by atoms with Crippen LogP contribution in [0.4, 0.5) is 0 Å². The molecule has 0 aromatic carbocycles. The molecular weight excluding hydrogens is 248 g/mol. The molecule has 112 valence electrons. The van der Waals surface area contributed by atoms with E-state index in [0.717, 1.165) is 0 Å². The summed E-state index contributed by atoms with van der Waals surface area (Å²) in [5.41, 5.74) is 0. The molecule has 1 N–H and O–H groups in total. The molecule has 1 heterocycles. The molecule has 0 spiro atoms. The number of carboxylic acid groups (broad SMARTS) is 1. The molecule has 1 rings (SSSR count). The fourth-order valence-electron chi connectivity index (χ4n) is 2.13. The highest BCUT2D eigenvalue weighted by Gasteiger charge is 2.28. The Morgan fingerprint density at radius 1 is 0.895 bits per heavy atom. The lowest BCUT2D eigenvalue weighted by molar-refractivity contribution is -0.148. The van der Waals surface area contributed by atoms with E-state index < -0.39 is 11.9 Å². The van der Waals surface area contributed by atoms with Gasteiger partial charge in [0.05, 0.1) is 44.1 Å². The van der Waals surface area contributed by atoms with Crippen LogP contribution < -0.4 is 0 Å². The predicted molar refractivity (Wildman–Crippen MR) is 71.1 cm³/mol. The van der Waals surface area contributed by atoms with Crippen molar-refractivity contribution in [3.63, 3.8) is 0 Å². The maximum Gasteiger partial charge on any atom is 0.306 e. The van der Waals surface area contributed by atoms with Gasteiger partial charge in [0.1, 0.15) is 0 Å². The van der Waals surface area contributed by atoms with Crippen LogP contribution in [0.1, 0.15) is 34.1 Å². The molecule has 5 unspecified atom stereocenters. The van der Waals surface area contributed by atoms with Gasteiger partial charge in [0.15, 0.2) is 0 Å². The van der Waals surface area contributed by atoms with Crippen molar-refractivity contribution >= 4 is 5.97 Å². The van der Waals surface area contributed by atoms with Crippen LogP contribution in [0.3, 0.4) is 0 Å². The van der Waals surface area contributed by atoms with Crippen molar-refractivity contribution in [3.05, 3.63) is 0 Å². The fraction of sp³-hybridized carbons (Fsp3) is 0.929. The van der Waals surface area contributed by atoms with Crippen molar-refractivity contribution in [1.29, 1.82) is 0 Å². The summed E-state index contributed by atoms with van der Waals surface area (Å²) in [6, 6.07) is 0. The van der Waals surface area contributed by atoms with Crippen molar-refractivity contribution in [2.24, 2.45) is 11.8 Å². The average molecular weight is 274 g/mol. The van der Waals surface area contributed by atoms with Crippen molar-refractivity contribution < 1.29 is 24.1 Å². The third kappa shape index (κ3) is 5.89. The molecule has 5 atom stereocenters. The summed E-state index contributed by atoms with van der Waals surface area (Å²) in [6.45, 7) is 9.12. The van der Waals surface area contributed by atoms with E-state index in [1.54, 1.807) is 0 Å². The van der Waals surface area contributed by atoms with Gasteiger partial charge in [0.25, 0.3) is 0 Å². The summed E-state index contributed by atoms with van der Waals surface area (Å²) in [4.78, 5) is 11.3. The number of carboxylic acids is 1. The van der Waals surface area contributed by atoms with E-state index in [1.165, 1.54) is 0 Å². The van der Waals surface area contributed by atoms with E-state index in [1.807, 2.05) is 27.7 Å². The van der Waals surface area contributed by atoms with Crippen LogP contribution in [0.15, 0.2) is 0 Å². The Kier molecular flexibility index (Phi) is 6.75. The largest absolute Gasteiger partial charge is 0.481 e. The molecule has 0 saturated carbocycles. The summed E-state index contributed by atoms with van der Waals surface area (Å²) < 4.78 is 16.9. The van der Waals surface area contributed by atoms with Crippen LogP contribution in [-0.4, -0.2) is 49.2 Å². The normalized spacial score (nSPS) is 39.1. The number of rotatable bonds is 1. The Bertz CT molecular complexity index is 281. The van der Waals surface area contributed by atoms with E-state index in [-0.39, 0.29) is 24.2 Å². The summed E-state index contributed by atoms with van der Waals surface area (Å²) in [7, 11) is 0. The Morgan fingerprint density at radius 3 is 1.89 bits per heavy atom. The van der Waals surface area contributed by atoms with Crippen LogP contribution in [0.2, 0.25) is 0 Å². The fourth-order valence-corrected chi connectivity index (χ4v) is 2.13. The first-order valence-electron chi connectivity index (χ1n) is 6.97. The molecule has 5 nitrogen and oxygen atoms in total. The van der Waals surface area contributed by atoms with E-state index in [9.17, 15) is 9.90 Å². The molecular formula is C14H26O5. The van der Waals surface area contributed by atoms with Crippen LogP contribution in [-0.2, 0) is 19.0 Å². The molecule has 1 aliphatic heterocycles. The average Bonchev–Trinajstić information content (AvgIpc) is 2.35. The zero-order valence-corrected chi connectivity index (χ0v) is 12.3. The topological polar surface area (TPSA) is 65.0 Å². The number of ether oxygens (including phenoxy) is 3. The number of hydrogen-bond donors (Lipinski definition) is 1. The lowest BCUT2D eigenvalue weighted by atomic mass is 9.89. The van der Waals surface area contributed by atoms with Gasteiger partial charge in [-0.05, 0) is 33.1 Å². The van der Waals surface area contributed by atoms with Gasteiger partial charge in [-0.2, -0.15) is 0 Å². The van der Waals surface area contributed by atoms with Crippen LogP contribution in [0, 0.1) is 11.8 Å². The van der Waals surface area contributed by atoms with Crippen LogP contribution in [0.25, 0.3) is 0 Å². The Labute approximate surface area is 115 Å². The van der Waals surface area contributed by atoms with Gasteiger partial charge in [-0.3, -0.25) is 4.79 Å². The molecule has 1 saturated heterocycles. The second-order valence-electron chi connectivity index (χ2n) is 5.59. The van der Waals surface area contributed by atoms with Crippen LogP contribution >= 0.6 is 0 Å². The lowest BCUT2D eigenvalue weighted by Gasteiger charge is -2.27. The zero-order valence-electron chi connectivity index (χ0n) is 12.3. The Balaban J connectivity index is 2.67. The predicted octanol–water partition coefficient (Wildman–Crippen LogP) is 1.94. The van der Waals surface area contributed by atoms with E-state index in [2.05, 4.69) is 0 Å². The first-order valence-corrected chi connectivity index (χ1v) is 6.97. The smallest absolute Gasteiger partial charge is 0.306 e. The lowest BCUT2D eigenvalue weighted by Crippen LogP contribution is -2.33. The van der Waals surface area contributed by atoms with Crippen molar-refractivity contribution in [2.45, 2.75) is 52.4 Å².